The van der Waals surface area contributed by atoms with Crippen molar-refractivity contribution in [3.8, 4) is 0 Å². The largest absolute Gasteiger partial charge is 0.405 e. The summed E-state index contributed by atoms with van der Waals surface area (Å²) in [5.74, 6) is -3.82. The fraction of sp³-hybridized carbons (Fsp3) is 0.364. The Morgan fingerprint density at radius 3 is 2.38 bits per heavy atom. The van der Waals surface area contributed by atoms with E-state index in [2.05, 4.69) is 0 Å². The van der Waals surface area contributed by atoms with Gasteiger partial charge in [-0.15, -0.1) is 0 Å². The molecule has 1 amide bonds. The van der Waals surface area contributed by atoms with E-state index in [-0.39, 0.29) is 0 Å². The number of hydrogen-bond donors (Lipinski definition) is 1. The van der Waals surface area contributed by atoms with Crippen molar-refractivity contribution in [3.63, 3.8) is 0 Å². The summed E-state index contributed by atoms with van der Waals surface area (Å²) in [4.78, 5) is 10.3. The fourth-order valence-electron chi connectivity index (χ4n) is 1.36. The monoisotopic (exact) mass is 331 g/mol. The van der Waals surface area contributed by atoms with Gasteiger partial charge in [-0.05, 0) is 25.1 Å². The smallest absolute Gasteiger partial charge is 0.346 e. The molecular weight excluding hydrogens is 321 g/mol. The summed E-state index contributed by atoms with van der Waals surface area (Å²) in [5, 5.41) is -0.631. The van der Waals surface area contributed by atoms with Crippen molar-refractivity contribution in [2.75, 3.05) is 6.54 Å². The van der Waals surface area contributed by atoms with Gasteiger partial charge in [-0.25, -0.2) is 17.2 Å². The molecule has 0 radical (unpaired) electrons. The van der Waals surface area contributed by atoms with Crippen molar-refractivity contribution in [2.24, 2.45) is 0 Å². The van der Waals surface area contributed by atoms with Crippen molar-refractivity contribution in [1.82, 2.24) is 5.32 Å². The maximum atomic E-state index is 13.4. The van der Waals surface area contributed by atoms with E-state index in [9.17, 15) is 35.2 Å². The number of hydrogen-bond acceptors (Lipinski definition) is 3. The number of benzene rings is 1. The molecule has 0 aliphatic rings. The van der Waals surface area contributed by atoms with Crippen LogP contribution in [0, 0.1) is 11.6 Å². The third-order valence-electron chi connectivity index (χ3n) is 2.50. The van der Waals surface area contributed by atoms with Gasteiger partial charge in [-0.2, -0.15) is 13.2 Å². The van der Waals surface area contributed by atoms with Gasteiger partial charge in [0.25, 0.3) is 0 Å². The molecule has 1 atom stereocenters. The molecule has 0 aromatic heterocycles. The van der Waals surface area contributed by atoms with Crippen LogP contribution >= 0.6 is 0 Å². The fourth-order valence-corrected chi connectivity index (χ4v) is 2.72. The molecule has 1 N–H and O–H groups in total. The van der Waals surface area contributed by atoms with Crippen LogP contribution in [0.5, 0.6) is 0 Å². The molecule has 0 fully saturated rings. The molecule has 1 rings (SSSR count). The number of carbonyl (C=O) groups excluding carboxylic acids is 1. The van der Waals surface area contributed by atoms with E-state index in [1.165, 1.54) is 5.32 Å². The molecule has 0 heterocycles. The van der Waals surface area contributed by atoms with E-state index in [1.807, 2.05) is 0 Å². The number of rotatable bonds is 4. The van der Waals surface area contributed by atoms with Gasteiger partial charge in [0, 0.05) is 0 Å². The minimum Gasteiger partial charge on any atom is -0.346 e. The summed E-state index contributed by atoms with van der Waals surface area (Å²) < 4.78 is 86.0. The molecular formula is C11H10F5NO3S. The summed E-state index contributed by atoms with van der Waals surface area (Å²) in [6.07, 6.45) is -4.72. The van der Waals surface area contributed by atoms with E-state index in [0.29, 0.717) is 18.2 Å². The lowest BCUT2D eigenvalue weighted by atomic mass is 10.3. The standard InChI is InChI=1S/C11H10F5NO3S/c1-6(10(18)17-5-11(14,15)16)21(19,20)9-4-7(12)2-3-8(9)13/h2-4,6H,5H2,1H3,(H,17,18). The third-order valence-corrected chi connectivity index (χ3v) is 4.57. The molecule has 1 aromatic rings. The average Bonchev–Trinajstić information content (AvgIpc) is 2.36. The first-order valence-corrected chi connectivity index (χ1v) is 7.03. The summed E-state index contributed by atoms with van der Waals surface area (Å²) in [6, 6.07) is 1.57. The highest BCUT2D eigenvalue weighted by molar-refractivity contribution is 7.92. The number of sulfone groups is 1. The van der Waals surface area contributed by atoms with E-state index >= 15 is 0 Å². The maximum absolute atomic E-state index is 13.4. The number of amides is 1. The zero-order valence-corrected chi connectivity index (χ0v) is 11.4. The predicted molar refractivity (Wildman–Crippen MR) is 62.1 cm³/mol. The van der Waals surface area contributed by atoms with Gasteiger partial charge < -0.3 is 5.32 Å². The Balaban J connectivity index is 3.02. The Kier molecular flexibility index (Phi) is 4.92. The van der Waals surface area contributed by atoms with Gasteiger partial charge in [0.1, 0.15) is 28.3 Å². The van der Waals surface area contributed by atoms with Crippen LogP contribution in [0.1, 0.15) is 6.92 Å². The normalized spacial score (nSPS) is 13.8. The van der Waals surface area contributed by atoms with Crippen LogP contribution in [0.25, 0.3) is 0 Å². The number of halogens is 5. The zero-order valence-electron chi connectivity index (χ0n) is 10.5. The second-order valence-corrected chi connectivity index (χ2v) is 6.33. The van der Waals surface area contributed by atoms with Crippen molar-refractivity contribution >= 4 is 15.7 Å². The zero-order chi connectivity index (χ0) is 16.4. The third kappa shape index (κ3) is 4.38. The molecule has 0 bridgehead atoms. The molecule has 1 unspecified atom stereocenters. The second-order valence-electron chi connectivity index (χ2n) is 4.09. The molecule has 1 aromatic carbocycles. The van der Waals surface area contributed by atoms with E-state index < -0.39 is 50.2 Å². The molecule has 0 aliphatic carbocycles. The van der Waals surface area contributed by atoms with Crippen molar-refractivity contribution in [2.45, 2.75) is 23.2 Å². The molecule has 10 heteroatoms. The number of nitrogens with one attached hydrogen (secondary N) is 1. The molecule has 0 spiro atoms. The first-order valence-electron chi connectivity index (χ1n) is 5.48. The highest BCUT2D eigenvalue weighted by atomic mass is 32.2. The molecule has 0 saturated carbocycles. The first-order chi connectivity index (χ1) is 9.45. The minimum absolute atomic E-state index is 0.359. The lowest BCUT2D eigenvalue weighted by Crippen LogP contribution is -2.42. The van der Waals surface area contributed by atoms with Gasteiger partial charge >= 0.3 is 6.18 Å². The van der Waals surface area contributed by atoms with Crippen LogP contribution in [0.15, 0.2) is 23.1 Å². The van der Waals surface area contributed by atoms with Crippen LogP contribution in [0.3, 0.4) is 0 Å². The van der Waals surface area contributed by atoms with Crippen LogP contribution in [-0.2, 0) is 14.6 Å². The Morgan fingerprint density at radius 1 is 1.29 bits per heavy atom. The Morgan fingerprint density at radius 2 is 1.86 bits per heavy atom. The second kappa shape index (κ2) is 5.96. The molecule has 118 valence electrons. The van der Waals surface area contributed by atoms with Gasteiger partial charge in [0.2, 0.25) is 5.91 Å². The van der Waals surface area contributed by atoms with Gasteiger partial charge in [-0.1, -0.05) is 0 Å². The van der Waals surface area contributed by atoms with E-state index in [4.69, 9.17) is 0 Å². The lowest BCUT2D eigenvalue weighted by Gasteiger charge is -2.15. The summed E-state index contributed by atoms with van der Waals surface area (Å²) in [7, 11) is -4.65. The van der Waals surface area contributed by atoms with Gasteiger partial charge in [-0.3, -0.25) is 4.79 Å². The van der Waals surface area contributed by atoms with Crippen LogP contribution in [0.4, 0.5) is 22.0 Å². The van der Waals surface area contributed by atoms with Crippen LogP contribution < -0.4 is 5.32 Å². The van der Waals surface area contributed by atoms with Crippen LogP contribution in [-0.4, -0.2) is 32.3 Å². The topological polar surface area (TPSA) is 63.2 Å². The Bertz CT molecular complexity index is 642. The molecule has 0 saturated heterocycles. The quantitative estimate of drug-likeness (QED) is 0.856. The van der Waals surface area contributed by atoms with E-state index in [1.54, 1.807) is 0 Å². The Hall–Kier alpha value is -1.71. The van der Waals surface area contributed by atoms with Gasteiger partial charge in [0.05, 0.1) is 0 Å². The minimum atomic E-state index is -4.72. The first kappa shape index (κ1) is 17.3. The van der Waals surface area contributed by atoms with Crippen molar-refractivity contribution in [1.29, 1.82) is 0 Å². The maximum Gasteiger partial charge on any atom is 0.405 e. The number of carbonyl (C=O) groups is 1. The predicted octanol–water partition coefficient (Wildman–Crippen LogP) is 1.81. The highest BCUT2D eigenvalue weighted by Gasteiger charge is 2.35. The lowest BCUT2D eigenvalue weighted by molar-refractivity contribution is -0.138. The van der Waals surface area contributed by atoms with Crippen molar-refractivity contribution < 1.29 is 35.2 Å². The van der Waals surface area contributed by atoms with Gasteiger partial charge in [0.15, 0.2) is 9.84 Å². The van der Waals surface area contributed by atoms with E-state index in [0.717, 1.165) is 6.92 Å². The van der Waals surface area contributed by atoms with Crippen molar-refractivity contribution in [3.05, 3.63) is 29.8 Å². The highest BCUT2D eigenvalue weighted by Crippen LogP contribution is 2.21. The van der Waals surface area contributed by atoms with Crippen LogP contribution in [0.2, 0.25) is 0 Å². The summed E-state index contributed by atoms with van der Waals surface area (Å²) in [5.41, 5.74) is 0. The Labute approximate surface area is 116 Å². The molecule has 4 nitrogen and oxygen atoms in total. The molecule has 0 aliphatic heterocycles. The average molecular weight is 331 g/mol. The summed E-state index contributed by atoms with van der Waals surface area (Å²) in [6.45, 7) is -0.942. The number of alkyl halides is 3. The SMILES string of the molecule is CC(C(=O)NCC(F)(F)F)S(=O)(=O)c1cc(F)ccc1F. The summed E-state index contributed by atoms with van der Waals surface area (Å²) >= 11 is 0. The molecule has 21 heavy (non-hydrogen) atoms.